The smallest absolute Gasteiger partial charge is 0.339 e. The molecule has 1 amide bonds. The van der Waals surface area contributed by atoms with Crippen LogP contribution in [0.1, 0.15) is 28.7 Å². The zero-order chi connectivity index (χ0) is 24.2. The summed E-state index contributed by atoms with van der Waals surface area (Å²) in [5.74, 6) is -0.995. The van der Waals surface area contributed by atoms with Gasteiger partial charge >= 0.3 is 5.63 Å². The second-order valence-electron chi connectivity index (χ2n) is 8.20. The second kappa shape index (κ2) is 10.2. The highest BCUT2D eigenvalue weighted by atomic mass is 32.2. The van der Waals surface area contributed by atoms with Gasteiger partial charge < -0.3 is 24.1 Å². The lowest BCUT2D eigenvalue weighted by molar-refractivity contribution is -0.307. The van der Waals surface area contributed by atoms with Gasteiger partial charge in [0.2, 0.25) is 5.91 Å². The van der Waals surface area contributed by atoms with Gasteiger partial charge in [-0.2, -0.15) is 11.8 Å². The zero-order valence-corrected chi connectivity index (χ0v) is 19.7. The van der Waals surface area contributed by atoms with Gasteiger partial charge in [-0.25, -0.2) is 4.79 Å². The van der Waals surface area contributed by atoms with E-state index in [0.717, 1.165) is 27.5 Å². The number of aliphatic carboxylic acids is 1. The summed E-state index contributed by atoms with van der Waals surface area (Å²) < 4.78 is 11.0. The molecule has 0 radical (unpaired) electrons. The molecule has 0 aliphatic carbocycles. The number of rotatable bonds is 9. The highest BCUT2D eigenvalue weighted by Crippen LogP contribution is 2.29. The van der Waals surface area contributed by atoms with Crippen LogP contribution in [0.3, 0.4) is 0 Å². The van der Waals surface area contributed by atoms with E-state index in [2.05, 4.69) is 5.32 Å². The van der Waals surface area contributed by atoms with Crippen LogP contribution in [0.15, 0.2) is 62.4 Å². The van der Waals surface area contributed by atoms with E-state index in [-0.39, 0.29) is 18.6 Å². The largest absolute Gasteiger partial charge is 0.548 e. The van der Waals surface area contributed by atoms with E-state index >= 15 is 0 Å². The number of aryl methyl sites for hydroxylation is 2. The average molecular weight is 479 g/mol. The molecule has 0 bridgehead atoms. The third kappa shape index (κ3) is 5.17. The maximum atomic E-state index is 12.6. The van der Waals surface area contributed by atoms with Gasteiger partial charge in [-0.3, -0.25) is 4.79 Å². The highest BCUT2D eigenvalue weighted by Gasteiger charge is 2.17. The first-order valence-corrected chi connectivity index (χ1v) is 12.0. The molecule has 0 saturated carbocycles. The maximum absolute atomic E-state index is 12.6. The number of fused-ring (bicyclic) bond motifs is 2. The molecule has 176 valence electrons. The number of thioether (sulfide) groups is 1. The van der Waals surface area contributed by atoms with Gasteiger partial charge in [-0.1, -0.05) is 30.3 Å². The molecular formula is C26H24NO6S-. The summed E-state index contributed by atoms with van der Waals surface area (Å²) in [5, 5.41) is 15.7. The Balaban J connectivity index is 1.42. The fourth-order valence-electron chi connectivity index (χ4n) is 3.87. The third-order valence-corrected chi connectivity index (χ3v) is 6.90. The SMILES string of the molecule is Cc1coc2cc3oc(=O)c(CCC(=O)N[C@@H](CSCc4ccccc4)C(=O)[O-])c(C)c3cc12. The summed E-state index contributed by atoms with van der Waals surface area (Å²) in [6.45, 7) is 3.75. The summed E-state index contributed by atoms with van der Waals surface area (Å²) in [4.78, 5) is 36.6. The van der Waals surface area contributed by atoms with Gasteiger partial charge in [0.25, 0.3) is 0 Å². The van der Waals surface area contributed by atoms with Crippen molar-refractivity contribution in [2.45, 2.75) is 38.5 Å². The summed E-state index contributed by atoms with van der Waals surface area (Å²) in [5.41, 5.74) is 3.71. The lowest BCUT2D eigenvalue weighted by Crippen LogP contribution is -2.49. The van der Waals surface area contributed by atoms with Crippen LogP contribution in [0, 0.1) is 13.8 Å². The molecule has 4 aromatic rings. The molecule has 2 aromatic heterocycles. The van der Waals surface area contributed by atoms with E-state index in [9.17, 15) is 19.5 Å². The third-order valence-electron chi connectivity index (χ3n) is 5.79. The Morgan fingerprint density at radius 3 is 2.59 bits per heavy atom. The van der Waals surface area contributed by atoms with Crippen LogP contribution >= 0.6 is 11.8 Å². The zero-order valence-electron chi connectivity index (χ0n) is 18.9. The van der Waals surface area contributed by atoms with Gasteiger partial charge in [0, 0.05) is 40.3 Å². The number of carboxylic acids is 1. The normalized spacial score (nSPS) is 12.2. The number of hydrogen-bond donors (Lipinski definition) is 1. The van der Waals surface area contributed by atoms with E-state index in [4.69, 9.17) is 8.83 Å². The van der Waals surface area contributed by atoms with Crippen molar-refractivity contribution < 1.29 is 23.5 Å². The molecule has 0 saturated heterocycles. The molecule has 0 fully saturated rings. The predicted molar refractivity (Wildman–Crippen MR) is 130 cm³/mol. The van der Waals surface area contributed by atoms with Crippen molar-refractivity contribution in [3.8, 4) is 0 Å². The van der Waals surface area contributed by atoms with Crippen molar-refractivity contribution in [3.63, 3.8) is 0 Å². The van der Waals surface area contributed by atoms with Gasteiger partial charge in [0.1, 0.15) is 11.2 Å². The van der Waals surface area contributed by atoms with E-state index in [1.54, 1.807) is 12.3 Å². The Hall–Kier alpha value is -3.52. The molecular weight excluding hydrogens is 454 g/mol. The van der Waals surface area contributed by atoms with Crippen LogP contribution in [-0.4, -0.2) is 23.7 Å². The summed E-state index contributed by atoms with van der Waals surface area (Å²) in [6, 6.07) is 12.1. The fourth-order valence-corrected chi connectivity index (χ4v) is 4.87. The van der Waals surface area contributed by atoms with Crippen molar-refractivity contribution >= 4 is 45.6 Å². The number of carboxylic acid groups (broad SMARTS) is 1. The first kappa shape index (κ1) is 23.6. The first-order chi connectivity index (χ1) is 16.3. The standard InChI is InChI=1S/C26H25NO6S/c1-15-12-32-22-11-23-20(10-19(15)22)16(2)18(26(31)33-23)8-9-24(28)27-21(25(29)30)14-34-13-17-6-4-3-5-7-17/h3-7,10-12,21H,8-9,13-14H2,1-2H3,(H,27,28)(H,29,30)/p-1/t21-/m0/s1. The molecule has 1 N–H and O–H groups in total. The van der Waals surface area contributed by atoms with Crippen LogP contribution in [-0.2, 0) is 21.8 Å². The van der Waals surface area contributed by atoms with Crippen molar-refractivity contribution in [1.82, 2.24) is 5.32 Å². The number of carbonyl (C=O) groups excluding carboxylic acids is 2. The molecule has 0 aliphatic rings. The number of amides is 1. The van der Waals surface area contributed by atoms with Crippen LogP contribution in [0.5, 0.6) is 0 Å². The number of furan rings is 1. The number of benzene rings is 2. The van der Waals surface area contributed by atoms with Crippen LogP contribution in [0.4, 0.5) is 0 Å². The average Bonchev–Trinajstić information content (AvgIpc) is 3.17. The number of hydrogen-bond acceptors (Lipinski definition) is 7. The monoisotopic (exact) mass is 478 g/mol. The second-order valence-corrected chi connectivity index (χ2v) is 9.23. The van der Waals surface area contributed by atoms with Gasteiger partial charge in [0.15, 0.2) is 0 Å². The van der Waals surface area contributed by atoms with Crippen molar-refractivity contribution in [3.05, 3.63) is 81.4 Å². The predicted octanol–water partition coefficient (Wildman–Crippen LogP) is 3.26. The minimum Gasteiger partial charge on any atom is -0.548 e. The molecule has 0 unspecified atom stereocenters. The molecule has 0 aliphatic heterocycles. The minimum absolute atomic E-state index is 0.0444. The topological polar surface area (TPSA) is 113 Å². The molecule has 0 spiro atoms. The van der Waals surface area contributed by atoms with E-state index in [1.807, 2.05) is 50.2 Å². The molecule has 34 heavy (non-hydrogen) atoms. The van der Waals surface area contributed by atoms with Crippen molar-refractivity contribution in [2.24, 2.45) is 0 Å². The van der Waals surface area contributed by atoms with Gasteiger partial charge in [-0.15, -0.1) is 0 Å². The summed E-state index contributed by atoms with van der Waals surface area (Å²) >= 11 is 1.40. The lowest BCUT2D eigenvalue weighted by atomic mass is 10.0. The van der Waals surface area contributed by atoms with Crippen LogP contribution in [0.25, 0.3) is 21.9 Å². The minimum atomic E-state index is -1.34. The quantitative estimate of drug-likeness (QED) is 0.368. The maximum Gasteiger partial charge on any atom is 0.339 e. The number of nitrogens with one attached hydrogen (secondary N) is 1. The molecule has 2 aromatic carbocycles. The lowest BCUT2D eigenvalue weighted by Gasteiger charge is -2.19. The number of carbonyl (C=O) groups is 2. The van der Waals surface area contributed by atoms with E-state index in [1.165, 1.54) is 11.8 Å². The van der Waals surface area contributed by atoms with Crippen molar-refractivity contribution in [1.29, 1.82) is 0 Å². The Kier molecular flexibility index (Phi) is 7.07. The van der Waals surface area contributed by atoms with E-state index < -0.39 is 23.5 Å². The Morgan fingerprint density at radius 2 is 1.85 bits per heavy atom. The molecule has 8 heteroatoms. The van der Waals surface area contributed by atoms with Crippen molar-refractivity contribution in [2.75, 3.05) is 5.75 Å². The molecule has 2 heterocycles. The Labute approximate surface area is 200 Å². The molecule has 7 nitrogen and oxygen atoms in total. The fraction of sp³-hybridized carbons (Fsp3) is 0.269. The summed E-state index contributed by atoms with van der Waals surface area (Å²) in [6.07, 6.45) is 1.74. The highest BCUT2D eigenvalue weighted by molar-refractivity contribution is 7.98. The molecule has 4 rings (SSSR count). The Bertz CT molecular complexity index is 1410. The van der Waals surface area contributed by atoms with Crippen LogP contribution < -0.4 is 16.0 Å². The van der Waals surface area contributed by atoms with Crippen LogP contribution in [0.2, 0.25) is 0 Å². The van der Waals surface area contributed by atoms with Gasteiger partial charge in [-0.05, 0) is 43.0 Å². The van der Waals surface area contributed by atoms with Gasteiger partial charge in [0.05, 0.1) is 18.3 Å². The van der Waals surface area contributed by atoms with E-state index in [0.29, 0.717) is 22.5 Å². The molecule has 1 atom stereocenters. The summed E-state index contributed by atoms with van der Waals surface area (Å²) in [7, 11) is 0. The Morgan fingerprint density at radius 1 is 1.09 bits per heavy atom. The first-order valence-electron chi connectivity index (χ1n) is 10.9.